The van der Waals surface area contributed by atoms with E-state index in [9.17, 15) is 0 Å². The van der Waals surface area contributed by atoms with Gasteiger partial charge < -0.3 is 17.0 Å². The Morgan fingerprint density at radius 2 is 1.16 bits per heavy atom. The average molecular weight is 342 g/mol. The molecule has 3 nitrogen and oxygen atoms in total. The van der Waals surface area contributed by atoms with Crippen molar-refractivity contribution in [3.05, 3.63) is 0 Å². The summed E-state index contributed by atoms with van der Waals surface area (Å²) in [5, 5.41) is 26.6. The summed E-state index contributed by atoms with van der Waals surface area (Å²) >= 11 is 0. The minimum absolute atomic E-state index is 0. The van der Waals surface area contributed by atoms with Gasteiger partial charge in [0.15, 0.2) is 0 Å². The molecule has 0 bridgehead atoms. The number of hydrogen-bond donors (Lipinski definition) is 0. The fraction of sp³-hybridized carbons (Fsp3) is 0.786. The van der Waals surface area contributed by atoms with Crippen molar-refractivity contribution in [1.29, 1.82) is 15.8 Å². The van der Waals surface area contributed by atoms with Gasteiger partial charge in [-0.1, -0.05) is 0 Å². The lowest BCUT2D eigenvalue weighted by atomic mass is 10.4. The fourth-order valence-electron chi connectivity index (χ4n) is 3.15. The van der Waals surface area contributed by atoms with Crippen molar-refractivity contribution in [2.75, 3.05) is 18.5 Å². The van der Waals surface area contributed by atoms with Crippen LogP contribution >= 0.6 is 7.26 Å². The van der Waals surface area contributed by atoms with E-state index in [1.165, 1.54) is 25.7 Å². The molecule has 0 unspecified atom stereocenters. The predicted molar refractivity (Wildman–Crippen MR) is 74.5 cm³/mol. The van der Waals surface area contributed by atoms with E-state index in [2.05, 4.69) is 18.2 Å². The quantitative estimate of drug-likeness (QED) is 0.639. The molecule has 0 heterocycles. The lowest BCUT2D eigenvalue weighted by Gasteiger charge is -2.31. The summed E-state index contributed by atoms with van der Waals surface area (Å²) in [5.74, 6) is 0. The van der Waals surface area contributed by atoms with E-state index in [4.69, 9.17) is 15.8 Å². The zero-order valence-corrected chi connectivity index (χ0v) is 13.8. The Balaban J connectivity index is 0.00000324. The highest BCUT2D eigenvalue weighted by Crippen LogP contribution is 2.67. The molecule has 1 aliphatic rings. The maximum Gasteiger partial charge on any atom is 0.0727 e. The second-order valence-corrected chi connectivity index (χ2v) is 9.56. The van der Waals surface area contributed by atoms with Crippen LogP contribution in [0.3, 0.4) is 0 Å². The maximum absolute atomic E-state index is 8.86. The highest BCUT2D eigenvalue weighted by atomic mass is 79.9. The Hall–Kier alpha value is -0.620. The largest absolute Gasteiger partial charge is 1.00 e. The minimum atomic E-state index is -1.26. The Kier molecular flexibility index (Phi) is 9.87. The summed E-state index contributed by atoms with van der Waals surface area (Å²) < 4.78 is 0. The summed E-state index contributed by atoms with van der Waals surface area (Å²) in [4.78, 5) is 0. The maximum atomic E-state index is 8.86. The summed E-state index contributed by atoms with van der Waals surface area (Å²) in [5.41, 5.74) is 0.729. The number of nitriles is 3. The second-order valence-electron chi connectivity index (χ2n) is 5.05. The van der Waals surface area contributed by atoms with E-state index in [1.807, 2.05) is 0 Å². The number of rotatable bonds is 7. The van der Waals surface area contributed by atoms with E-state index in [-0.39, 0.29) is 17.0 Å². The van der Waals surface area contributed by atoms with Crippen LogP contribution in [0.5, 0.6) is 0 Å². The first kappa shape index (κ1) is 18.4. The second kappa shape index (κ2) is 10.2. The van der Waals surface area contributed by atoms with E-state index < -0.39 is 7.26 Å². The van der Waals surface area contributed by atoms with Crippen molar-refractivity contribution in [2.24, 2.45) is 0 Å². The van der Waals surface area contributed by atoms with Gasteiger partial charge in [0, 0.05) is 7.26 Å². The lowest BCUT2D eigenvalue weighted by molar-refractivity contribution is -0.00000461. The van der Waals surface area contributed by atoms with Crippen molar-refractivity contribution >= 4 is 7.26 Å². The zero-order chi connectivity index (χ0) is 13.3. The van der Waals surface area contributed by atoms with Crippen LogP contribution in [0.4, 0.5) is 0 Å². The van der Waals surface area contributed by atoms with Crippen LogP contribution < -0.4 is 17.0 Å². The molecule has 1 aliphatic carbocycles. The topological polar surface area (TPSA) is 71.4 Å². The molecule has 0 atom stereocenters. The normalized spacial score (nSPS) is 15.0. The molecule has 1 rings (SSSR count). The fourth-order valence-corrected chi connectivity index (χ4v) is 8.02. The van der Waals surface area contributed by atoms with Crippen LogP contribution in [0.1, 0.15) is 44.9 Å². The van der Waals surface area contributed by atoms with Crippen LogP contribution in [0.2, 0.25) is 0 Å². The van der Waals surface area contributed by atoms with Gasteiger partial charge in [-0.05, 0) is 25.7 Å². The molecule has 0 aromatic heterocycles. The minimum Gasteiger partial charge on any atom is -1.00 e. The average Bonchev–Trinajstić information content (AvgIpc) is 2.93. The van der Waals surface area contributed by atoms with Gasteiger partial charge in [0.1, 0.15) is 0 Å². The number of nitrogens with zero attached hydrogens (tertiary/aromatic N) is 3. The van der Waals surface area contributed by atoms with Crippen LogP contribution in [-0.2, 0) is 0 Å². The first-order chi connectivity index (χ1) is 8.79. The van der Waals surface area contributed by atoms with Crippen molar-refractivity contribution < 1.29 is 17.0 Å². The first-order valence-electron chi connectivity index (χ1n) is 6.75. The van der Waals surface area contributed by atoms with Gasteiger partial charge in [-0.15, -0.1) is 0 Å². The van der Waals surface area contributed by atoms with E-state index in [0.29, 0.717) is 19.3 Å². The molecule has 0 aromatic carbocycles. The Morgan fingerprint density at radius 3 is 1.47 bits per heavy atom. The van der Waals surface area contributed by atoms with Gasteiger partial charge in [0.05, 0.1) is 61.6 Å². The molecule has 0 radical (unpaired) electrons. The molecule has 1 fully saturated rings. The molecule has 104 valence electrons. The monoisotopic (exact) mass is 341 g/mol. The molecule has 1 saturated carbocycles. The lowest BCUT2D eigenvalue weighted by Crippen LogP contribution is -3.00. The summed E-state index contributed by atoms with van der Waals surface area (Å²) in [6.07, 6.45) is 9.80. The Morgan fingerprint density at radius 1 is 0.789 bits per heavy atom. The molecule has 19 heavy (non-hydrogen) atoms. The van der Waals surface area contributed by atoms with E-state index in [0.717, 1.165) is 24.1 Å². The van der Waals surface area contributed by atoms with Gasteiger partial charge in [-0.3, -0.25) is 0 Å². The predicted octanol–water partition coefficient (Wildman–Crippen LogP) is 0.692. The highest BCUT2D eigenvalue weighted by molar-refractivity contribution is 7.76. The van der Waals surface area contributed by atoms with Crippen LogP contribution in [0.25, 0.3) is 0 Å². The molecule has 0 aliphatic heterocycles. The van der Waals surface area contributed by atoms with Gasteiger partial charge in [0.2, 0.25) is 0 Å². The SMILES string of the molecule is N#CCC[P+](CCC#N)(CCC#N)C1CCCC1.[Br-]. The molecule has 0 saturated heterocycles. The van der Waals surface area contributed by atoms with Crippen molar-refractivity contribution in [3.63, 3.8) is 0 Å². The number of hydrogen-bond acceptors (Lipinski definition) is 3. The smallest absolute Gasteiger partial charge is 0.0727 e. The van der Waals surface area contributed by atoms with Gasteiger partial charge in [-0.25, -0.2) is 0 Å². The van der Waals surface area contributed by atoms with E-state index >= 15 is 0 Å². The molecule has 0 aromatic rings. The van der Waals surface area contributed by atoms with Crippen LogP contribution in [0, 0.1) is 34.0 Å². The zero-order valence-electron chi connectivity index (χ0n) is 11.3. The highest BCUT2D eigenvalue weighted by Gasteiger charge is 2.45. The van der Waals surface area contributed by atoms with Crippen molar-refractivity contribution in [3.8, 4) is 18.2 Å². The summed E-state index contributed by atoms with van der Waals surface area (Å²) in [6.45, 7) is 0. The first-order valence-corrected chi connectivity index (χ1v) is 9.17. The molecule has 0 spiro atoms. The summed E-state index contributed by atoms with van der Waals surface area (Å²) in [7, 11) is -1.26. The van der Waals surface area contributed by atoms with Crippen LogP contribution in [0.15, 0.2) is 0 Å². The Bertz CT molecular complexity index is 326. The molecular formula is C14H21BrN3P. The molecule has 0 amide bonds. The van der Waals surface area contributed by atoms with Crippen molar-refractivity contribution in [1.82, 2.24) is 0 Å². The van der Waals surface area contributed by atoms with Gasteiger partial charge in [0.25, 0.3) is 0 Å². The standard InChI is InChI=1S/C14H21N3P.BrH/c15-8-3-11-18(12-4-9-16,13-5-10-17)14-6-1-2-7-14;/h14H,1-7,11-13H2;1H/q+1;/p-1. The molecule has 5 heteroatoms. The van der Waals surface area contributed by atoms with Gasteiger partial charge in [-0.2, -0.15) is 15.8 Å². The third kappa shape index (κ3) is 5.48. The third-order valence-corrected chi connectivity index (χ3v) is 9.51. The van der Waals surface area contributed by atoms with Gasteiger partial charge >= 0.3 is 0 Å². The number of halogens is 1. The summed E-state index contributed by atoms with van der Waals surface area (Å²) in [6, 6.07) is 6.78. The third-order valence-electron chi connectivity index (χ3n) is 4.11. The van der Waals surface area contributed by atoms with Crippen LogP contribution in [-0.4, -0.2) is 24.1 Å². The molecular weight excluding hydrogens is 321 g/mol. The molecule has 0 N–H and O–H groups in total. The Labute approximate surface area is 127 Å². The van der Waals surface area contributed by atoms with E-state index in [1.54, 1.807) is 0 Å². The van der Waals surface area contributed by atoms with Crippen molar-refractivity contribution in [2.45, 2.75) is 50.6 Å².